The summed E-state index contributed by atoms with van der Waals surface area (Å²) >= 11 is 6.01. The Labute approximate surface area is 248 Å². The van der Waals surface area contributed by atoms with Gasteiger partial charge in [0.15, 0.2) is 0 Å². The van der Waals surface area contributed by atoms with Crippen molar-refractivity contribution in [2.75, 3.05) is 24.0 Å². The van der Waals surface area contributed by atoms with Crippen molar-refractivity contribution in [2.24, 2.45) is 5.92 Å². The fourth-order valence-corrected chi connectivity index (χ4v) is 5.68. The quantitative estimate of drug-likeness (QED) is 0.283. The van der Waals surface area contributed by atoms with Gasteiger partial charge in [0.2, 0.25) is 11.8 Å². The van der Waals surface area contributed by atoms with E-state index in [0.717, 1.165) is 15.4 Å². The maximum atomic E-state index is 14.0. The minimum atomic E-state index is -4.19. The van der Waals surface area contributed by atoms with E-state index in [1.807, 2.05) is 52.0 Å². The predicted octanol–water partition coefficient (Wildman–Crippen LogP) is 5.43. The maximum Gasteiger partial charge on any atom is 0.264 e. The van der Waals surface area contributed by atoms with E-state index in [2.05, 4.69) is 5.32 Å². The molecule has 1 N–H and O–H groups in total. The number of aryl methyl sites for hydroxylation is 1. The number of nitrogens with zero attached hydrogens (tertiary/aromatic N) is 2. The third kappa shape index (κ3) is 8.47. The molecule has 0 aliphatic carbocycles. The van der Waals surface area contributed by atoms with Gasteiger partial charge in [0.1, 0.15) is 18.3 Å². The summed E-state index contributed by atoms with van der Waals surface area (Å²) in [4.78, 5) is 28.5. The second-order valence-corrected chi connectivity index (χ2v) is 12.5. The molecule has 1 unspecified atom stereocenters. The van der Waals surface area contributed by atoms with Crippen molar-refractivity contribution in [3.8, 4) is 5.75 Å². The highest BCUT2D eigenvalue weighted by Gasteiger charge is 2.32. The molecule has 3 aromatic rings. The third-order valence-electron chi connectivity index (χ3n) is 6.57. The number of sulfonamides is 1. The SMILES string of the molecule is CCOc1ccc(N(CC(=O)N(Cc2ccccc2C)C(C)C(=O)NCC(C)C)S(=O)(=O)c2ccc(Cl)cc2)cc1. The van der Waals surface area contributed by atoms with Crippen LogP contribution in [0.3, 0.4) is 0 Å². The fraction of sp³-hybridized carbons (Fsp3) is 0.355. The molecule has 0 bridgehead atoms. The summed E-state index contributed by atoms with van der Waals surface area (Å²) in [6.45, 7) is 9.93. The van der Waals surface area contributed by atoms with Gasteiger partial charge in [-0.25, -0.2) is 8.42 Å². The molecule has 0 saturated carbocycles. The van der Waals surface area contributed by atoms with Crippen LogP contribution in [0.2, 0.25) is 5.02 Å². The van der Waals surface area contributed by atoms with Crippen molar-refractivity contribution in [3.05, 3.63) is 88.9 Å². The highest BCUT2D eigenvalue weighted by Crippen LogP contribution is 2.27. The van der Waals surface area contributed by atoms with E-state index in [-0.39, 0.29) is 29.0 Å². The first-order valence-corrected chi connectivity index (χ1v) is 15.4. The lowest BCUT2D eigenvalue weighted by Crippen LogP contribution is -2.51. The molecular weight excluding hydrogens is 562 g/mol. The minimum Gasteiger partial charge on any atom is -0.494 e. The largest absolute Gasteiger partial charge is 0.494 e. The van der Waals surface area contributed by atoms with E-state index < -0.39 is 28.5 Å². The van der Waals surface area contributed by atoms with Gasteiger partial charge in [0, 0.05) is 18.1 Å². The van der Waals surface area contributed by atoms with Crippen LogP contribution in [0.4, 0.5) is 5.69 Å². The average Bonchev–Trinajstić information content (AvgIpc) is 2.94. The number of hydrogen-bond acceptors (Lipinski definition) is 5. The zero-order valence-corrected chi connectivity index (χ0v) is 25.7. The standard InChI is InChI=1S/C31H38ClN3O5S/c1-6-40-28-15-13-27(14-16-28)35(41(38,39)29-17-11-26(32)12-18-29)21-30(36)34(20-25-10-8-7-9-23(25)4)24(5)31(37)33-19-22(2)3/h7-18,22,24H,6,19-21H2,1-5H3,(H,33,37). The van der Waals surface area contributed by atoms with Crippen molar-refractivity contribution in [1.82, 2.24) is 10.2 Å². The van der Waals surface area contributed by atoms with Crippen LogP contribution in [0.15, 0.2) is 77.7 Å². The Morgan fingerprint density at radius 3 is 2.17 bits per heavy atom. The van der Waals surface area contributed by atoms with Gasteiger partial charge in [0.25, 0.3) is 10.0 Å². The Hall–Kier alpha value is -3.56. The number of nitrogens with one attached hydrogen (secondary N) is 1. The predicted molar refractivity (Wildman–Crippen MR) is 163 cm³/mol. The maximum absolute atomic E-state index is 14.0. The summed E-state index contributed by atoms with van der Waals surface area (Å²) < 4.78 is 34.4. The Bertz CT molecular complexity index is 1430. The van der Waals surface area contributed by atoms with Gasteiger partial charge in [-0.1, -0.05) is 49.7 Å². The molecule has 0 spiro atoms. The number of hydrogen-bond donors (Lipinski definition) is 1. The summed E-state index contributed by atoms with van der Waals surface area (Å²) in [6.07, 6.45) is 0. The van der Waals surface area contributed by atoms with E-state index in [0.29, 0.717) is 23.9 Å². The molecule has 1 atom stereocenters. The molecule has 2 amide bonds. The van der Waals surface area contributed by atoms with E-state index in [1.165, 1.54) is 29.2 Å². The van der Waals surface area contributed by atoms with Crippen molar-refractivity contribution in [3.63, 3.8) is 0 Å². The van der Waals surface area contributed by atoms with Crippen LogP contribution in [0.5, 0.6) is 5.75 Å². The van der Waals surface area contributed by atoms with Gasteiger partial charge in [-0.3, -0.25) is 13.9 Å². The summed E-state index contributed by atoms with van der Waals surface area (Å²) in [5, 5.41) is 3.28. The van der Waals surface area contributed by atoms with E-state index in [9.17, 15) is 18.0 Å². The summed E-state index contributed by atoms with van der Waals surface area (Å²) in [6, 6.07) is 19.0. The Morgan fingerprint density at radius 2 is 1.59 bits per heavy atom. The van der Waals surface area contributed by atoms with Crippen LogP contribution in [-0.4, -0.2) is 50.9 Å². The molecule has 0 aliphatic rings. The molecule has 0 saturated heterocycles. The monoisotopic (exact) mass is 599 g/mol. The Kier molecular flexibility index (Phi) is 11.2. The number of benzene rings is 3. The zero-order chi connectivity index (χ0) is 30.2. The first-order chi connectivity index (χ1) is 19.4. The van der Waals surface area contributed by atoms with Crippen LogP contribution in [0, 0.1) is 12.8 Å². The zero-order valence-electron chi connectivity index (χ0n) is 24.1. The second-order valence-electron chi connectivity index (χ2n) is 10.2. The molecule has 3 aromatic carbocycles. The number of carbonyl (C=O) groups is 2. The minimum absolute atomic E-state index is 0.0169. The van der Waals surface area contributed by atoms with Crippen LogP contribution in [-0.2, 0) is 26.2 Å². The third-order valence-corrected chi connectivity index (χ3v) is 8.61. The van der Waals surface area contributed by atoms with Crippen LogP contribution in [0.25, 0.3) is 0 Å². The number of halogens is 1. The topological polar surface area (TPSA) is 96.0 Å². The first-order valence-electron chi connectivity index (χ1n) is 13.6. The fourth-order valence-electron chi connectivity index (χ4n) is 4.14. The van der Waals surface area contributed by atoms with Crippen LogP contribution >= 0.6 is 11.6 Å². The second kappa shape index (κ2) is 14.4. The summed E-state index contributed by atoms with van der Waals surface area (Å²) in [7, 11) is -4.19. The number of amides is 2. The number of anilines is 1. The molecular formula is C31H38ClN3O5S. The van der Waals surface area contributed by atoms with Crippen molar-refractivity contribution >= 4 is 39.1 Å². The van der Waals surface area contributed by atoms with E-state index in [4.69, 9.17) is 16.3 Å². The Balaban J connectivity index is 2.03. The molecule has 41 heavy (non-hydrogen) atoms. The van der Waals surface area contributed by atoms with Crippen molar-refractivity contribution < 1.29 is 22.7 Å². The van der Waals surface area contributed by atoms with Crippen LogP contribution < -0.4 is 14.4 Å². The molecule has 3 rings (SSSR count). The smallest absolute Gasteiger partial charge is 0.264 e. The molecule has 0 aromatic heterocycles. The van der Waals surface area contributed by atoms with Crippen molar-refractivity contribution in [2.45, 2.75) is 52.1 Å². The summed E-state index contributed by atoms with van der Waals surface area (Å²) in [5.41, 5.74) is 2.10. The van der Waals surface area contributed by atoms with E-state index in [1.54, 1.807) is 31.2 Å². The van der Waals surface area contributed by atoms with Gasteiger partial charge < -0.3 is 15.0 Å². The van der Waals surface area contributed by atoms with Crippen molar-refractivity contribution in [1.29, 1.82) is 0 Å². The van der Waals surface area contributed by atoms with Gasteiger partial charge in [0.05, 0.1) is 17.2 Å². The number of rotatable bonds is 13. The highest BCUT2D eigenvalue weighted by atomic mass is 35.5. The normalized spacial score (nSPS) is 12.1. The van der Waals surface area contributed by atoms with Crippen LogP contribution in [0.1, 0.15) is 38.8 Å². The average molecular weight is 600 g/mol. The molecule has 0 fully saturated rings. The van der Waals surface area contributed by atoms with Gasteiger partial charge in [-0.15, -0.1) is 0 Å². The molecule has 0 aliphatic heterocycles. The molecule has 220 valence electrons. The van der Waals surface area contributed by atoms with Gasteiger partial charge >= 0.3 is 0 Å². The lowest BCUT2D eigenvalue weighted by Gasteiger charge is -2.32. The van der Waals surface area contributed by atoms with Gasteiger partial charge in [-0.2, -0.15) is 0 Å². The molecule has 10 heteroatoms. The molecule has 0 radical (unpaired) electrons. The Morgan fingerprint density at radius 1 is 0.951 bits per heavy atom. The summed E-state index contributed by atoms with van der Waals surface area (Å²) in [5.74, 6) is -0.0323. The molecule has 0 heterocycles. The number of ether oxygens (including phenoxy) is 1. The molecule has 8 nitrogen and oxygen atoms in total. The first kappa shape index (κ1) is 32.0. The number of carbonyl (C=O) groups excluding carboxylic acids is 2. The van der Waals surface area contributed by atoms with Gasteiger partial charge in [-0.05, 0) is 86.3 Å². The lowest BCUT2D eigenvalue weighted by atomic mass is 10.1. The lowest BCUT2D eigenvalue weighted by molar-refractivity contribution is -0.139. The van der Waals surface area contributed by atoms with E-state index >= 15 is 0 Å². The highest BCUT2D eigenvalue weighted by molar-refractivity contribution is 7.92.